The molecule has 0 saturated heterocycles. The number of fused-ring (bicyclic) bond motifs is 1. The van der Waals surface area contributed by atoms with Gasteiger partial charge in [0.05, 0.1) is 12.0 Å². The quantitative estimate of drug-likeness (QED) is 0.717. The molecule has 142 valence electrons. The smallest absolute Gasteiger partial charge is 0.261 e. The van der Waals surface area contributed by atoms with E-state index in [1.807, 2.05) is 34.5 Å². The average Bonchev–Trinajstić information content (AvgIpc) is 3.41. The predicted molar refractivity (Wildman–Crippen MR) is 110 cm³/mol. The molecule has 28 heavy (non-hydrogen) atoms. The number of carbonyl (C=O) groups excluding carboxylic acids is 2. The Kier molecular flexibility index (Phi) is 5.12. The molecule has 1 aliphatic rings. The number of carbonyl (C=O) groups is 2. The number of rotatable bonds is 5. The van der Waals surface area contributed by atoms with E-state index in [4.69, 9.17) is 4.74 Å². The number of hydrogen-bond acceptors (Lipinski definition) is 4. The third-order valence-corrected chi connectivity index (χ3v) is 5.69. The van der Waals surface area contributed by atoms with Crippen LogP contribution in [0.25, 0.3) is 0 Å². The Bertz CT molecular complexity index is 997. The molecule has 3 aromatic rings. The van der Waals surface area contributed by atoms with Gasteiger partial charge in [-0.3, -0.25) is 9.59 Å². The normalized spacial score (nSPS) is 12.5. The fraction of sp³-hybridized carbons (Fsp3) is 0.182. The van der Waals surface area contributed by atoms with Crippen LogP contribution in [0, 0.1) is 0 Å². The molecule has 1 aliphatic heterocycles. The van der Waals surface area contributed by atoms with Crippen LogP contribution in [0.3, 0.4) is 0 Å². The molecule has 2 heterocycles. The lowest BCUT2D eigenvalue weighted by Crippen LogP contribution is -2.29. The van der Waals surface area contributed by atoms with E-state index in [0.717, 1.165) is 29.0 Å². The summed E-state index contributed by atoms with van der Waals surface area (Å²) in [5, 5.41) is 4.82. The zero-order chi connectivity index (χ0) is 19.5. The van der Waals surface area contributed by atoms with Crippen molar-refractivity contribution in [3.8, 4) is 5.75 Å². The van der Waals surface area contributed by atoms with Gasteiger partial charge in [-0.1, -0.05) is 18.2 Å². The molecular weight excluding hydrogens is 372 g/mol. The summed E-state index contributed by atoms with van der Waals surface area (Å²) in [5.41, 5.74) is 3.67. The standard InChI is InChI=1S/C22H20N2O3S/c1-27-18-8-6-17(7-9-18)22(26)24-11-10-16-5-4-15(13-19(16)24)14-23-21(25)20-3-2-12-28-20/h2-9,12-13H,10-11,14H2,1H3,(H,23,25). The minimum atomic E-state index is -0.0818. The molecule has 1 aromatic heterocycles. The van der Waals surface area contributed by atoms with Gasteiger partial charge in [-0.2, -0.15) is 0 Å². The minimum absolute atomic E-state index is 0.0267. The van der Waals surface area contributed by atoms with Gasteiger partial charge in [0, 0.05) is 24.3 Å². The lowest BCUT2D eigenvalue weighted by Gasteiger charge is -2.18. The van der Waals surface area contributed by atoms with E-state index in [1.54, 1.807) is 37.4 Å². The third-order valence-electron chi connectivity index (χ3n) is 4.83. The van der Waals surface area contributed by atoms with Gasteiger partial charge in [-0.05, 0) is 59.3 Å². The first-order valence-corrected chi connectivity index (χ1v) is 9.93. The lowest BCUT2D eigenvalue weighted by molar-refractivity contribution is 0.0953. The van der Waals surface area contributed by atoms with Crippen LogP contribution in [-0.4, -0.2) is 25.5 Å². The molecule has 0 aliphatic carbocycles. The first-order chi connectivity index (χ1) is 13.7. The number of anilines is 1. The second-order valence-corrected chi connectivity index (χ2v) is 7.51. The number of nitrogens with zero attached hydrogens (tertiary/aromatic N) is 1. The molecular formula is C22H20N2O3S. The number of thiophene rings is 1. The maximum Gasteiger partial charge on any atom is 0.261 e. The topological polar surface area (TPSA) is 58.6 Å². The second kappa shape index (κ2) is 7.86. The van der Waals surface area contributed by atoms with E-state index in [2.05, 4.69) is 5.32 Å². The summed E-state index contributed by atoms with van der Waals surface area (Å²) in [7, 11) is 1.60. The van der Waals surface area contributed by atoms with Gasteiger partial charge >= 0.3 is 0 Å². The van der Waals surface area contributed by atoms with Crippen LogP contribution in [0.4, 0.5) is 5.69 Å². The van der Waals surface area contributed by atoms with Crippen molar-refractivity contribution in [2.24, 2.45) is 0 Å². The van der Waals surface area contributed by atoms with Gasteiger partial charge in [0.1, 0.15) is 5.75 Å². The molecule has 0 fully saturated rings. The lowest BCUT2D eigenvalue weighted by atomic mass is 10.1. The Labute approximate surface area is 167 Å². The molecule has 0 atom stereocenters. The van der Waals surface area contributed by atoms with Gasteiger partial charge in [-0.15, -0.1) is 11.3 Å². The zero-order valence-corrected chi connectivity index (χ0v) is 16.3. The predicted octanol–water partition coefficient (Wildman–Crippen LogP) is 3.89. The average molecular weight is 392 g/mol. The minimum Gasteiger partial charge on any atom is -0.497 e. The molecule has 0 spiro atoms. The van der Waals surface area contributed by atoms with Crippen molar-refractivity contribution >= 4 is 28.8 Å². The Morgan fingerprint density at radius 3 is 2.68 bits per heavy atom. The van der Waals surface area contributed by atoms with Gasteiger partial charge in [-0.25, -0.2) is 0 Å². The molecule has 4 rings (SSSR count). The van der Waals surface area contributed by atoms with E-state index in [-0.39, 0.29) is 11.8 Å². The summed E-state index contributed by atoms with van der Waals surface area (Å²) in [6.45, 7) is 1.08. The number of amides is 2. The van der Waals surface area contributed by atoms with Crippen LogP contribution in [0.2, 0.25) is 0 Å². The van der Waals surface area contributed by atoms with Crippen LogP contribution in [0.15, 0.2) is 60.0 Å². The van der Waals surface area contributed by atoms with Crippen LogP contribution in [0.5, 0.6) is 5.75 Å². The van der Waals surface area contributed by atoms with Crippen molar-refractivity contribution in [1.29, 1.82) is 0 Å². The highest BCUT2D eigenvalue weighted by Crippen LogP contribution is 2.30. The number of nitrogens with one attached hydrogen (secondary N) is 1. The summed E-state index contributed by atoms with van der Waals surface area (Å²) in [5.74, 6) is 0.616. The zero-order valence-electron chi connectivity index (χ0n) is 15.5. The van der Waals surface area contributed by atoms with Gasteiger partial charge < -0.3 is 15.0 Å². The number of ether oxygens (including phenoxy) is 1. The van der Waals surface area contributed by atoms with E-state index in [1.165, 1.54) is 11.3 Å². The molecule has 5 nitrogen and oxygen atoms in total. The molecule has 1 N–H and O–H groups in total. The van der Waals surface area contributed by atoms with E-state index < -0.39 is 0 Å². The Morgan fingerprint density at radius 2 is 1.96 bits per heavy atom. The monoisotopic (exact) mass is 392 g/mol. The summed E-state index contributed by atoms with van der Waals surface area (Å²) in [4.78, 5) is 27.6. The summed E-state index contributed by atoms with van der Waals surface area (Å²) >= 11 is 1.42. The van der Waals surface area contributed by atoms with E-state index >= 15 is 0 Å². The van der Waals surface area contributed by atoms with E-state index in [0.29, 0.717) is 23.5 Å². The number of benzene rings is 2. The first kappa shape index (κ1) is 18.3. The Hall–Kier alpha value is -3.12. The second-order valence-electron chi connectivity index (χ2n) is 6.56. The van der Waals surface area contributed by atoms with Crippen LogP contribution < -0.4 is 15.0 Å². The van der Waals surface area contributed by atoms with Crippen molar-refractivity contribution in [3.63, 3.8) is 0 Å². The Balaban J connectivity index is 1.49. The maximum atomic E-state index is 13.0. The van der Waals surface area contributed by atoms with Crippen molar-refractivity contribution in [3.05, 3.63) is 81.5 Å². The highest BCUT2D eigenvalue weighted by atomic mass is 32.1. The number of methoxy groups -OCH3 is 1. The van der Waals surface area contributed by atoms with Crippen LogP contribution >= 0.6 is 11.3 Å². The molecule has 2 aromatic carbocycles. The summed E-state index contributed by atoms with van der Waals surface area (Å²) in [6.07, 6.45) is 0.832. The first-order valence-electron chi connectivity index (χ1n) is 9.05. The number of hydrogen-bond donors (Lipinski definition) is 1. The highest BCUT2D eigenvalue weighted by molar-refractivity contribution is 7.12. The fourth-order valence-electron chi connectivity index (χ4n) is 3.31. The summed E-state index contributed by atoms with van der Waals surface area (Å²) < 4.78 is 5.16. The fourth-order valence-corrected chi connectivity index (χ4v) is 3.95. The van der Waals surface area contributed by atoms with Crippen LogP contribution in [-0.2, 0) is 13.0 Å². The maximum absolute atomic E-state index is 13.0. The molecule has 0 radical (unpaired) electrons. The van der Waals surface area contributed by atoms with Crippen LogP contribution in [0.1, 0.15) is 31.2 Å². The molecule has 0 bridgehead atoms. The third kappa shape index (κ3) is 3.64. The van der Waals surface area contributed by atoms with Gasteiger partial charge in [0.15, 0.2) is 0 Å². The van der Waals surface area contributed by atoms with Gasteiger partial charge in [0.25, 0.3) is 11.8 Å². The molecule has 6 heteroatoms. The van der Waals surface area contributed by atoms with E-state index in [9.17, 15) is 9.59 Å². The van der Waals surface area contributed by atoms with Crippen molar-refractivity contribution < 1.29 is 14.3 Å². The van der Waals surface area contributed by atoms with Crippen molar-refractivity contribution in [2.45, 2.75) is 13.0 Å². The summed E-state index contributed by atoms with van der Waals surface area (Å²) in [6, 6.07) is 16.9. The van der Waals surface area contributed by atoms with Crippen molar-refractivity contribution in [2.75, 3.05) is 18.6 Å². The van der Waals surface area contributed by atoms with Gasteiger partial charge in [0.2, 0.25) is 0 Å². The molecule has 2 amide bonds. The molecule has 0 unspecified atom stereocenters. The Morgan fingerprint density at radius 1 is 1.14 bits per heavy atom. The van der Waals surface area contributed by atoms with Crippen molar-refractivity contribution in [1.82, 2.24) is 5.32 Å². The highest BCUT2D eigenvalue weighted by Gasteiger charge is 2.26. The SMILES string of the molecule is COc1ccc(C(=O)N2CCc3ccc(CNC(=O)c4cccs4)cc32)cc1. The molecule has 0 saturated carbocycles. The largest absolute Gasteiger partial charge is 0.497 e.